The van der Waals surface area contributed by atoms with E-state index >= 15 is 0 Å². The number of nitrogens with two attached hydrogens (primary N) is 1. The molecule has 0 bridgehead atoms. The number of benzene rings is 1. The lowest BCUT2D eigenvalue weighted by atomic mass is 9.82. The summed E-state index contributed by atoms with van der Waals surface area (Å²) in [6.07, 6.45) is 2.35. The van der Waals surface area contributed by atoms with Crippen molar-refractivity contribution in [3.63, 3.8) is 0 Å². The monoisotopic (exact) mass is 281 g/mol. The minimum Gasteiger partial charge on any atom is -0.409 e. The summed E-state index contributed by atoms with van der Waals surface area (Å²) in [7, 11) is 0. The maximum atomic E-state index is 8.68. The number of oxime groups is 1. The van der Waals surface area contributed by atoms with Crippen LogP contribution in [0.3, 0.4) is 0 Å². The molecule has 19 heavy (non-hydrogen) atoms. The first kappa shape index (κ1) is 14.0. The lowest BCUT2D eigenvalue weighted by molar-refractivity contribution is 0.280. The van der Waals surface area contributed by atoms with Crippen LogP contribution in [-0.4, -0.2) is 24.1 Å². The van der Waals surface area contributed by atoms with Gasteiger partial charge in [0.2, 0.25) is 0 Å². The SMILES string of the molecule is CC1(C)CCN(c2ccc(C(N)=NO)c(Cl)c2)CC1. The molecule has 5 heteroatoms. The van der Waals surface area contributed by atoms with E-state index in [1.165, 1.54) is 12.8 Å². The number of hydrogen-bond acceptors (Lipinski definition) is 3. The van der Waals surface area contributed by atoms with Gasteiger partial charge in [-0.05, 0) is 36.5 Å². The zero-order valence-electron chi connectivity index (χ0n) is 11.4. The number of anilines is 1. The molecule has 1 aromatic carbocycles. The van der Waals surface area contributed by atoms with Crippen molar-refractivity contribution in [3.05, 3.63) is 28.8 Å². The van der Waals surface area contributed by atoms with Crippen molar-refractivity contribution < 1.29 is 5.21 Å². The molecule has 0 unspecified atom stereocenters. The van der Waals surface area contributed by atoms with Gasteiger partial charge in [-0.1, -0.05) is 30.6 Å². The molecule has 3 N–H and O–H groups in total. The highest BCUT2D eigenvalue weighted by molar-refractivity contribution is 6.34. The van der Waals surface area contributed by atoms with Crippen molar-refractivity contribution in [1.29, 1.82) is 0 Å². The average molecular weight is 282 g/mol. The summed E-state index contributed by atoms with van der Waals surface area (Å²) in [5, 5.41) is 12.2. The smallest absolute Gasteiger partial charge is 0.171 e. The molecule has 0 spiro atoms. The van der Waals surface area contributed by atoms with E-state index in [0.717, 1.165) is 18.8 Å². The van der Waals surface area contributed by atoms with Crippen LogP contribution in [0.25, 0.3) is 0 Å². The number of piperidine rings is 1. The highest BCUT2D eigenvalue weighted by Gasteiger charge is 2.25. The van der Waals surface area contributed by atoms with Gasteiger partial charge in [0.05, 0.1) is 5.02 Å². The van der Waals surface area contributed by atoms with Gasteiger partial charge in [0, 0.05) is 24.3 Å². The maximum absolute atomic E-state index is 8.68. The Balaban J connectivity index is 2.17. The largest absolute Gasteiger partial charge is 0.409 e. The van der Waals surface area contributed by atoms with E-state index in [9.17, 15) is 0 Å². The van der Waals surface area contributed by atoms with Gasteiger partial charge in [0.25, 0.3) is 0 Å². The van der Waals surface area contributed by atoms with Gasteiger partial charge in [-0.2, -0.15) is 0 Å². The first-order chi connectivity index (χ1) is 8.93. The third kappa shape index (κ3) is 3.13. The molecule has 2 rings (SSSR count). The van der Waals surface area contributed by atoms with Crippen LogP contribution in [0.5, 0.6) is 0 Å². The molecule has 0 atom stereocenters. The molecule has 1 heterocycles. The molecule has 1 saturated heterocycles. The molecule has 0 aromatic heterocycles. The summed E-state index contributed by atoms with van der Waals surface area (Å²) in [5.41, 5.74) is 7.64. The summed E-state index contributed by atoms with van der Waals surface area (Å²) >= 11 is 6.18. The van der Waals surface area contributed by atoms with Crippen molar-refractivity contribution in [2.45, 2.75) is 26.7 Å². The summed E-state index contributed by atoms with van der Waals surface area (Å²) in [6.45, 7) is 6.68. The first-order valence-corrected chi connectivity index (χ1v) is 6.83. The van der Waals surface area contributed by atoms with Gasteiger partial charge < -0.3 is 15.8 Å². The van der Waals surface area contributed by atoms with Gasteiger partial charge in [0.15, 0.2) is 5.84 Å². The van der Waals surface area contributed by atoms with E-state index in [-0.39, 0.29) is 5.84 Å². The third-order valence-corrected chi connectivity index (χ3v) is 4.13. The number of hydrogen-bond donors (Lipinski definition) is 2. The molecule has 1 aromatic rings. The fourth-order valence-electron chi connectivity index (χ4n) is 2.33. The molecule has 0 amide bonds. The van der Waals surface area contributed by atoms with E-state index in [1.807, 2.05) is 12.1 Å². The Morgan fingerprint density at radius 2 is 2.00 bits per heavy atom. The number of halogens is 1. The van der Waals surface area contributed by atoms with Crippen molar-refractivity contribution in [2.75, 3.05) is 18.0 Å². The normalized spacial score (nSPS) is 19.5. The Morgan fingerprint density at radius 1 is 1.37 bits per heavy atom. The summed E-state index contributed by atoms with van der Waals surface area (Å²) in [6, 6.07) is 5.65. The van der Waals surface area contributed by atoms with Crippen LogP contribution < -0.4 is 10.6 Å². The van der Waals surface area contributed by atoms with Crippen molar-refractivity contribution in [1.82, 2.24) is 0 Å². The van der Waals surface area contributed by atoms with Gasteiger partial charge in [-0.15, -0.1) is 0 Å². The quantitative estimate of drug-likeness (QED) is 0.379. The number of nitrogens with zero attached hydrogens (tertiary/aromatic N) is 2. The van der Waals surface area contributed by atoms with E-state index in [2.05, 4.69) is 23.9 Å². The number of rotatable bonds is 2. The zero-order chi connectivity index (χ0) is 14.0. The summed E-state index contributed by atoms with van der Waals surface area (Å²) in [5.74, 6) is 0.0383. The second-order valence-corrected chi connectivity index (χ2v) is 6.21. The van der Waals surface area contributed by atoms with Crippen LogP contribution in [-0.2, 0) is 0 Å². The minimum atomic E-state index is 0.0383. The summed E-state index contributed by atoms with van der Waals surface area (Å²) < 4.78 is 0. The van der Waals surface area contributed by atoms with Crippen LogP contribution in [0.4, 0.5) is 5.69 Å². The van der Waals surface area contributed by atoms with Crippen LogP contribution >= 0.6 is 11.6 Å². The highest BCUT2D eigenvalue weighted by Crippen LogP contribution is 2.33. The van der Waals surface area contributed by atoms with Gasteiger partial charge in [-0.25, -0.2) is 0 Å². The lowest BCUT2D eigenvalue weighted by Crippen LogP contribution is -2.37. The Labute approximate surface area is 118 Å². The molecule has 104 valence electrons. The molecule has 1 aliphatic heterocycles. The van der Waals surface area contributed by atoms with E-state index < -0.39 is 0 Å². The van der Waals surface area contributed by atoms with E-state index in [4.69, 9.17) is 22.5 Å². The van der Waals surface area contributed by atoms with E-state index in [1.54, 1.807) is 6.07 Å². The van der Waals surface area contributed by atoms with Crippen molar-refractivity contribution in [3.8, 4) is 0 Å². The second-order valence-electron chi connectivity index (χ2n) is 5.80. The molecule has 4 nitrogen and oxygen atoms in total. The Morgan fingerprint density at radius 3 is 2.53 bits per heavy atom. The Hall–Kier alpha value is -1.42. The van der Waals surface area contributed by atoms with Crippen molar-refractivity contribution in [2.24, 2.45) is 16.3 Å². The summed E-state index contributed by atoms with van der Waals surface area (Å²) in [4.78, 5) is 2.33. The van der Waals surface area contributed by atoms with Crippen LogP contribution in [0.2, 0.25) is 5.02 Å². The maximum Gasteiger partial charge on any atom is 0.171 e. The molecule has 0 saturated carbocycles. The van der Waals surface area contributed by atoms with Gasteiger partial charge in [0.1, 0.15) is 0 Å². The molecule has 0 radical (unpaired) electrons. The molecular weight excluding hydrogens is 262 g/mol. The fourth-order valence-corrected chi connectivity index (χ4v) is 2.60. The lowest BCUT2D eigenvalue weighted by Gasteiger charge is -2.38. The predicted molar refractivity (Wildman–Crippen MR) is 79.2 cm³/mol. The van der Waals surface area contributed by atoms with Gasteiger partial charge in [-0.3, -0.25) is 0 Å². The molecule has 1 fully saturated rings. The standard InChI is InChI=1S/C14H20ClN3O/c1-14(2)5-7-18(8-6-14)10-3-4-11(12(15)9-10)13(16)17-19/h3-4,9,19H,5-8H2,1-2H3,(H2,16,17). The van der Waals surface area contributed by atoms with E-state index in [0.29, 0.717) is 16.0 Å². The zero-order valence-corrected chi connectivity index (χ0v) is 12.1. The fraction of sp³-hybridized carbons (Fsp3) is 0.500. The van der Waals surface area contributed by atoms with Crippen LogP contribution in [0.15, 0.2) is 23.4 Å². The van der Waals surface area contributed by atoms with Gasteiger partial charge >= 0.3 is 0 Å². The minimum absolute atomic E-state index is 0.0383. The van der Waals surface area contributed by atoms with Crippen LogP contribution in [0, 0.1) is 5.41 Å². The van der Waals surface area contributed by atoms with Crippen LogP contribution in [0.1, 0.15) is 32.3 Å². The molecule has 1 aliphatic rings. The average Bonchev–Trinajstić information content (AvgIpc) is 2.37. The highest BCUT2D eigenvalue weighted by atomic mass is 35.5. The third-order valence-electron chi connectivity index (χ3n) is 3.82. The first-order valence-electron chi connectivity index (χ1n) is 6.45. The molecular formula is C14H20ClN3O. The molecule has 0 aliphatic carbocycles. The predicted octanol–water partition coefficient (Wildman–Crippen LogP) is 3.06. The Bertz CT molecular complexity index is 489. The van der Waals surface area contributed by atoms with Crippen molar-refractivity contribution >= 4 is 23.1 Å². The Kier molecular flexibility index (Phi) is 3.90. The topological polar surface area (TPSA) is 61.8 Å². The number of amidine groups is 1. The second kappa shape index (κ2) is 5.29.